The lowest BCUT2D eigenvalue weighted by atomic mass is 9.94. The lowest BCUT2D eigenvalue weighted by Crippen LogP contribution is -2.42. The zero-order valence-corrected chi connectivity index (χ0v) is 18.8. The van der Waals surface area contributed by atoms with Crippen LogP contribution in [0.25, 0.3) is 0 Å². The van der Waals surface area contributed by atoms with Gasteiger partial charge in [0.15, 0.2) is 5.84 Å². The van der Waals surface area contributed by atoms with Gasteiger partial charge in [-0.25, -0.2) is 8.42 Å². The second kappa shape index (κ2) is 7.85. The Kier molecular flexibility index (Phi) is 5.48. The number of benzene rings is 2. The molecule has 0 radical (unpaired) electrons. The van der Waals surface area contributed by atoms with E-state index in [0.717, 1.165) is 6.42 Å². The molecule has 2 unspecified atom stereocenters. The number of hydrogen-bond acceptors (Lipinski definition) is 5. The van der Waals surface area contributed by atoms with E-state index in [-0.39, 0.29) is 33.0 Å². The summed E-state index contributed by atoms with van der Waals surface area (Å²) in [6.45, 7) is 4.93. The minimum atomic E-state index is -3.87. The smallest absolute Gasteiger partial charge is 0.285 e. The van der Waals surface area contributed by atoms with Crippen LogP contribution in [0.15, 0.2) is 62.7 Å². The van der Waals surface area contributed by atoms with Crippen LogP contribution in [-0.4, -0.2) is 46.0 Å². The molecule has 1 amide bonds. The van der Waals surface area contributed by atoms with Crippen molar-refractivity contribution in [1.82, 2.24) is 9.62 Å². The standard InChI is InChI=1S/C21H23N3O5S2/c1-14-10-15(2)13-24(12-14)31(28,29)17-7-5-6-16(11-17)21(25)22-20-18-8-3-4-9-19(18)30(26,27)23-20/h3-9,11,14-15H,10,12-13H2,1-2H3,(H,22,23,25). The number of hydrogen-bond donors (Lipinski definition) is 1. The second-order valence-corrected chi connectivity index (χ2v) is 11.7. The van der Waals surface area contributed by atoms with E-state index in [4.69, 9.17) is 0 Å². The number of fused-ring (bicyclic) bond motifs is 1. The maximum Gasteiger partial charge on any atom is 0.285 e. The molecule has 8 nitrogen and oxygen atoms in total. The highest BCUT2D eigenvalue weighted by molar-refractivity contribution is 7.90. The monoisotopic (exact) mass is 461 g/mol. The summed E-state index contributed by atoms with van der Waals surface area (Å²) in [7, 11) is -7.62. The molecular formula is C21H23N3O5S2. The fourth-order valence-electron chi connectivity index (χ4n) is 4.12. The first-order chi connectivity index (χ1) is 14.6. The molecule has 2 heterocycles. The molecule has 0 saturated carbocycles. The topological polar surface area (TPSA) is 113 Å². The van der Waals surface area contributed by atoms with Crippen molar-refractivity contribution < 1.29 is 21.6 Å². The van der Waals surface area contributed by atoms with Gasteiger partial charge in [0.1, 0.15) is 4.90 Å². The minimum Gasteiger partial charge on any atom is -0.305 e. The van der Waals surface area contributed by atoms with Gasteiger partial charge in [-0.3, -0.25) is 4.79 Å². The molecule has 0 aromatic heterocycles. The van der Waals surface area contributed by atoms with Crippen LogP contribution in [0.1, 0.15) is 36.2 Å². The molecule has 2 aliphatic heterocycles. The van der Waals surface area contributed by atoms with Crippen LogP contribution in [0, 0.1) is 11.8 Å². The molecule has 2 aromatic carbocycles. The molecule has 31 heavy (non-hydrogen) atoms. The van der Waals surface area contributed by atoms with Gasteiger partial charge in [0.25, 0.3) is 15.9 Å². The number of rotatable bonds is 3. The van der Waals surface area contributed by atoms with Crippen molar-refractivity contribution in [2.24, 2.45) is 16.2 Å². The lowest BCUT2D eigenvalue weighted by molar-refractivity contribution is 0.0977. The fourth-order valence-corrected chi connectivity index (χ4v) is 7.03. The highest BCUT2D eigenvalue weighted by atomic mass is 32.2. The second-order valence-electron chi connectivity index (χ2n) is 8.16. The van der Waals surface area contributed by atoms with Gasteiger partial charge in [-0.05, 0) is 48.6 Å². The average Bonchev–Trinajstić information content (AvgIpc) is 2.97. The highest BCUT2D eigenvalue weighted by Gasteiger charge is 2.33. The summed E-state index contributed by atoms with van der Waals surface area (Å²) >= 11 is 0. The normalized spacial score (nSPS) is 23.1. The Morgan fingerprint density at radius 2 is 1.74 bits per heavy atom. The molecule has 0 spiro atoms. The van der Waals surface area contributed by atoms with Crippen LogP contribution in [0.3, 0.4) is 0 Å². The average molecular weight is 462 g/mol. The van der Waals surface area contributed by atoms with Gasteiger partial charge in [-0.1, -0.05) is 32.0 Å². The molecule has 0 aliphatic carbocycles. The SMILES string of the molecule is CC1CC(C)CN(S(=O)(=O)c2cccc(C(=O)NC3=NS(=O)(=O)c4ccccc43)c2)C1. The number of carbonyl (C=O) groups excluding carboxylic acids is 1. The van der Waals surface area contributed by atoms with Crippen molar-refractivity contribution in [3.63, 3.8) is 0 Å². The quantitative estimate of drug-likeness (QED) is 0.753. The summed E-state index contributed by atoms with van der Waals surface area (Å²) in [5.74, 6) is -0.199. The fraction of sp³-hybridized carbons (Fsp3) is 0.333. The molecule has 2 atom stereocenters. The van der Waals surface area contributed by atoms with Crippen LogP contribution in [0.2, 0.25) is 0 Å². The summed E-state index contributed by atoms with van der Waals surface area (Å²) in [5.41, 5.74) is 0.402. The first kappa shape index (κ1) is 21.7. The predicted molar refractivity (Wildman–Crippen MR) is 116 cm³/mol. The van der Waals surface area contributed by atoms with Gasteiger partial charge in [0.05, 0.1) is 4.90 Å². The van der Waals surface area contributed by atoms with E-state index < -0.39 is 26.0 Å². The zero-order chi connectivity index (χ0) is 22.4. The van der Waals surface area contributed by atoms with Crippen molar-refractivity contribution >= 4 is 31.8 Å². The molecule has 1 N–H and O–H groups in total. The third kappa shape index (κ3) is 4.15. The predicted octanol–water partition coefficient (Wildman–Crippen LogP) is 2.23. The highest BCUT2D eigenvalue weighted by Crippen LogP contribution is 2.28. The number of nitrogens with one attached hydrogen (secondary N) is 1. The van der Waals surface area contributed by atoms with Gasteiger partial charge in [-0.2, -0.15) is 12.7 Å². The molecule has 4 rings (SSSR count). The van der Waals surface area contributed by atoms with Crippen molar-refractivity contribution in [3.8, 4) is 0 Å². The minimum absolute atomic E-state index is 0.0231. The van der Waals surface area contributed by atoms with E-state index in [9.17, 15) is 21.6 Å². The van der Waals surface area contributed by atoms with Gasteiger partial charge in [0.2, 0.25) is 10.0 Å². The van der Waals surface area contributed by atoms with Gasteiger partial charge in [0, 0.05) is 24.2 Å². The lowest BCUT2D eigenvalue weighted by Gasteiger charge is -2.34. The molecule has 0 bridgehead atoms. The van der Waals surface area contributed by atoms with Crippen molar-refractivity contribution in [3.05, 3.63) is 59.7 Å². The Labute approximate surface area is 182 Å². The third-order valence-corrected chi connectivity index (χ3v) is 8.60. The molecule has 164 valence electrons. The molecule has 2 aliphatic rings. The molecular weight excluding hydrogens is 438 g/mol. The number of piperidine rings is 1. The summed E-state index contributed by atoms with van der Waals surface area (Å²) in [6.07, 6.45) is 0.973. The molecule has 2 aromatic rings. The number of carbonyl (C=O) groups is 1. The van der Waals surface area contributed by atoms with E-state index in [2.05, 4.69) is 9.71 Å². The summed E-state index contributed by atoms with van der Waals surface area (Å²) in [6, 6.07) is 11.9. The Morgan fingerprint density at radius 1 is 1.06 bits per heavy atom. The maximum absolute atomic E-state index is 13.1. The summed E-state index contributed by atoms with van der Waals surface area (Å²) < 4.78 is 55.7. The van der Waals surface area contributed by atoms with Gasteiger partial charge >= 0.3 is 0 Å². The van der Waals surface area contributed by atoms with Crippen molar-refractivity contribution in [2.45, 2.75) is 30.1 Å². The van der Waals surface area contributed by atoms with Gasteiger partial charge in [-0.15, -0.1) is 4.40 Å². The van der Waals surface area contributed by atoms with Crippen LogP contribution in [0.4, 0.5) is 0 Å². The number of amidine groups is 1. The maximum atomic E-state index is 13.1. The Bertz CT molecular complexity index is 1280. The molecule has 1 saturated heterocycles. The third-order valence-electron chi connectivity index (χ3n) is 5.43. The van der Waals surface area contributed by atoms with E-state index in [1.54, 1.807) is 18.2 Å². The number of nitrogens with zero attached hydrogens (tertiary/aromatic N) is 2. The molecule has 1 fully saturated rings. The summed E-state index contributed by atoms with van der Waals surface area (Å²) in [5, 5.41) is 2.50. The van der Waals surface area contributed by atoms with E-state index >= 15 is 0 Å². The molecule has 10 heteroatoms. The van der Waals surface area contributed by atoms with Crippen LogP contribution in [0.5, 0.6) is 0 Å². The van der Waals surface area contributed by atoms with Crippen molar-refractivity contribution in [1.29, 1.82) is 0 Å². The Balaban J connectivity index is 1.60. The van der Waals surface area contributed by atoms with Crippen LogP contribution < -0.4 is 5.32 Å². The largest absolute Gasteiger partial charge is 0.305 e. The van der Waals surface area contributed by atoms with Gasteiger partial charge < -0.3 is 5.32 Å². The van der Waals surface area contributed by atoms with E-state index in [1.165, 1.54) is 34.6 Å². The number of sulfonamides is 2. The Morgan fingerprint density at radius 3 is 2.45 bits per heavy atom. The first-order valence-electron chi connectivity index (χ1n) is 9.94. The zero-order valence-electron chi connectivity index (χ0n) is 17.1. The van der Waals surface area contributed by atoms with E-state index in [0.29, 0.717) is 18.7 Å². The summed E-state index contributed by atoms with van der Waals surface area (Å²) in [4.78, 5) is 12.8. The Hall–Kier alpha value is -2.56. The van der Waals surface area contributed by atoms with Crippen molar-refractivity contribution in [2.75, 3.05) is 13.1 Å². The van der Waals surface area contributed by atoms with E-state index in [1.807, 2.05) is 13.8 Å². The number of amides is 1. The van der Waals surface area contributed by atoms with Crippen LogP contribution >= 0.6 is 0 Å². The van der Waals surface area contributed by atoms with Crippen LogP contribution in [-0.2, 0) is 20.0 Å². The first-order valence-corrected chi connectivity index (χ1v) is 12.8.